The Labute approximate surface area is 100.0 Å². The van der Waals surface area contributed by atoms with Gasteiger partial charge in [-0.05, 0) is 19.4 Å². The van der Waals surface area contributed by atoms with Crippen LogP contribution in [0.2, 0.25) is 0 Å². The highest BCUT2D eigenvalue weighted by Crippen LogP contribution is 1.93. The number of nitrogens with zero attached hydrogens (tertiary/aromatic N) is 1. The van der Waals surface area contributed by atoms with Gasteiger partial charge in [0.25, 0.3) is 0 Å². The lowest BCUT2D eigenvalue weighted by molar-refractivity contribution is -0.870. The average Bonchev–Trinajstić information content (AvgIpc) is 2.01. The number of nitrogens with one attached hydrogen (secondary N) is 1. The molecule has 0 rings (SSSR count). The molecule has 0 bridgehead atoms. The van der Waals surface area contributed by atoms with Crippen molar-refractivity contribution in [2.24, 2.45) is 0 Å². The molecule has 14 heavy (non-hydrogen) atoms. The highest BCUT2D eigenvalue weighted by atomic mass is 35.5. The van der Waals surface area contributed by atoms with Crippen molar-refractivity contribution in [1.82, 2.24) is 5.32 Å². The van der Waals surface area contributed by atoms with Crippen LogP contribution in [-0.2, 0) is 0 Å². The molecule has 0 spiro atoms. The normalized spacial score (nSPS) is 11.1. The van der Waals surface area contributed by atoms with E-state index in [-0.39, 0.29) is 12.4 Å². The van der Waals surface area contributed by atoms with E-state index in [1.165, 1.54) is 19.4 Å². The predicted octanol–water partition coefficient (Wildman–Crippen LogP) is -1.30. The standard InChI is InChI=1S/C10H24ClN2.ClH/c1-13(2,3)10-6-9-12-8-5-4-7-11;/h12H,4-10H2,1-3H3;1H/q+1;/p-1. The van der Waals surface area contributed by atoms with E-state index in [4.69, 9.17) is 11.6 Å². The summed E-state index contributed by atoms with van der Waals surface area (Å²) in [6.45, 7) is 3.49. The smallest absolute Gasteiger partial charge is 0.0792 e. The Morgan fingerprint density at radius 1 is 1.00 bits per heavy atom. The van der Waals surface area contributed by atoms with Gasteiger partial charge in [0.2, 0.25) is 0 Å². The van der Waals surface area contributed by atoms with Crippen molar-refractivity contribution < 1.29 is 16.9 Å². The summed E-state index contributed by atoms with van der Waals surface area (Å²) in [7, 11) is 6.69. The van der Waals surface area contributed by atoms with Crippen LogP contribution >= 0.6 is 11.6 Å². The van der Waals surface area contributed by atoms with Gasteiger partial charge >= 0.3 is 0 Å². The van der Waals surface area contributed by atoms with E-state index in [9.17, 15) is 0 Å². The van der Waals surface area contributed by atoms with Gasteiger partial charge < -0.3 is 22.2 Å². The Morgan fingerprint density at radius 2 is 1.57 bits per heavy atom. The maximum Gasteiger partial charge on any atom is 0.0792 e. The van der Waals surface area contributed by atoms with Crippen LogP contribution in [0.15, 0.2) is 0 Å². The summed E-state index contributed by atoms with van der Waals surface area (Å²) in [5, 5.41) is 3.42. The Morgan fingerprint density at radius 3 is 2.07 bits per heavy atom. The molecule has 4 heteroatoms. The fraction of sp³-hybridized carbons (Fsp3) is 1.00. The quantitative estimate of drug-likeness (QED) is 0.317. The zero-order valence-electron chi connectivity index (χ0n) is 9.65. The molecule has 0 amide bonds. The minimum absolute atomic E-state index is 0. The van der Waals surface area contributed by atoms with Gasteiger partial charge in [-0.1, -0.05) is 0 Å². The monoisotopic (exact) mass is 242 g/mol. The van der Waals surface area contributed by atoms with Crippen molar-refractivity contribution in [3.63, 3.8) is 0 Å². The first kappa shape index (κ1) is 16.9. The highest BCUT2D eigenvalue weighted by molar-refractivity contribution is 6.17. The van der Waals surface area contributed by atoms with Gasteiger partial charge in [0, 0.05) is 18.8 Å². The van der Waals surface area contributed by atoms with Crippen LogP contribution in [-0.4, -0.2) is 51.1 Å². The van der Waals surface area contributed by atoms with Gasteiger partial charge in [-0.25, -0.2) is 0 Å². The van der Waals surface area contributed by atoms with Crippen molar-refractivity contribution >= 4 is 11.6 Å². The first-order valence-corrected chi connectivity index (χ1v) is 5.67. The summed E-state index contributed by atoms with van der Waals surface area (Å²) in [6.07, 6.45) is 3.59. The highest BCUT2D eigenvalue weighted by Gasteiger charge is 2.04. The van der Waals surface area contributed by atoms with E-state index >= 15 is 0 Å². The molecule has 0 saturated heterocycles. The number of unbranched alkanes of at least 4 members (excludes halogenated alkanes) is 1. The maximum absolute atomic E-state index is 5.57. The first-order chi connectivity index (χ1) is 6.06. The number of hydrogen-bond acceptors (Lipinski definition) is 1. The lowest BCUT2D eigenvalue weighted by atomic mass is 10.3. The van der Waals surface area contributed by atoms with Crippen molar-refractivity contribution in [3.05, 3.63) is 0 Å². The lowest BCUT2D eigenvalue weighted by Crippen LogP contribution is -3.00. The second-order valence-corrected chi connectivity index (χ2v) is 4.89. The molecule has 0 fully saturated rings. The molecule has 0 saturated carbocycles. The molecule has 1 N–H and O–H groups in total. The van der Waals surface area contributed by atoms with Crippen molar-refractivity contribution in [1.29, 1.82) is 0 Å². The van der Waals surface area contributed by atoms with Crippen LogP contribution in [0, 0.1) is 0 Å². The van der Waals surface area contributed by atoms with Crippen LogP contribution in [0.3, 0.4) is 0 Å². The molecule has 0 atom stereocenters. The van der Waals surface area contributed by atoms with Crippen molar-refractivity contribution in [2.75, 3.05) is 46.7 Å². The summed E-state index contributed by atoms with van der Waals surface area (Å²) in [6, 6.07) is 0. The Balaban J connectivity index is 0. The molecule has 0 aromatic heterocycles. The van der Waals surface area contributed by atoms with Gasteiger partial charge in [-0.15, -0.1) is 11.6 Å². The number of hydrogen-bond donors (Lipinski definition) is 1. The number of rotatable bonds is 8. The van der Waals surface area contributed by atoms with E-state index in [1.807, 2.05) is 0 Å². The molecular formula is C10H24Cl2N2. The van der Waals surface area contributed by atoms with Crippen LogP contribution in [0.5, 0.6) is 0 Å². The molecule has 0 aromatic carbocycles. The minimum atomic E-state index is 0. The SMILES string of the molecule is C[N+](C)(C)CCCNCCCCCl.[Cl-]. The summed E-state index contributed by atoms with van der Waals surface area (Å²) in [4.78, 5) is 0. The lowest BCUT2D eigenvalue weighted by Gasteiger charge is -2.23. The molecule has 0 radical (unpaired) electrons. The molecule has 0 aliphatic rings. The summed E-state index contributed by atoms with van der Waals surface area (Å²) < 4.78 is 1.06. The Hall–Kier alpha value is 0.500. The second kappa shape index (κ2) is 10.0. The Kier molecular flexibility index (Phi) is 12.1. The van der Waals surface area contributed by atoms with E-state index < -0.39 is 0 Å². The fourth-order valence-electron chi connectivity index (χ4n) is 1.15. The molecule has 0 aliphatic carbocycles. The van der Waals surface area contributed by atoms with Gasteiger partial charge in [0.05, 0.1) is 27.7 Å². The Bertz CT molecular complexity index is 113. The zero-order chi connectivity index (χ0) is 10.2. The summed E-state index contributed by atoms with van der Waals surface area (Å²) in [5.74, 6) is 0.792. The molecule has 2 nitrogen and oxygen atoms in total. The van der Waals surface area contributed by atoms with Gasteiger partial charge in [0.15, 0.2) is 0 Å². The van der Waals surface area contributed by atoms with E-state index in [1.54, 1.807) is 0 Å². The average molecular weight is 243 g/mol. The largest absolute Gasteiger partial charge is 1.00 e. The molecule has 0 aromatic rings. The number of halogens is 2. The third-order valence-corrected chi connectivity index (χ3v) is 2.19. The topological polar surface area (TPSA) is 12.0 Å². The van der Waals surface area contributed by atoms with Crippen LogP contribution < -0.4 is 17.7 Å². The number of quaternary nitrogens is 1. The summed E-state index contributed by atoms with van der Waals surface area (Å²) in [5.41, 5.74) is 0. The van der Waals surface area contributed by atoms with E-state index in [2.05, 4.69) is 26.5 Å². The molecule has 0 heterocycles. The minimum Gasteiger partial charge on any atom is -1.00 e. The number of alkyl halides is 1. The second-order valence-electron chi connectivity index (χ2n) is 4.51. The first-order valence-electron chi connectivity index (χ1n) is 5.13. The van der Waals surface area contributed by atoms with Crippen molar-refractivity contribution in [2.45, 2.75) is 19.3 Å². The molecule has 88 valence electrons. The van der Waals surface area contributed by atoms with E-state index in [0.29, 0.717) is 0 Å². The van der Waals surface area contributed by atoms with Crippen LogP contribution in [0.4, 0.5) is 0 Å². The third-order valence-electron chi connectivity index (χ3n) is 1.92. The molecule has 0 aliphatic heterocycles. The van der Waals surface area contributed by atoms with Crippen LogP contribution in [0.25, 0.3) is 0 Å². The molecular weight excluding hydrogens is 219 g/mol. The van der Waals surface area contributed by atoms with E-state index in [0.717, 1.165) is 29.9 Å². The van der Waals surface area contributed by atoms with Crippen molar-refractivity contribution in [3.8, 4) is 0 Å². The van der Waals surface area contributed by atoms with Gasteiger partial charge in [-0.2, -0.15) is 0 Å². The van der Waals surface area contributed by atoms with Gasteiger partial charge in [-0.3, -0.25) is 0 Å². The summed E-state index contributed by atoms with van der Waals surface area (Å²) >= 11 is 5.57. The third kappa shape index (κ3) is 15.0. The molecule has 0 unspecified atom stereocenters. The predicted molar refractivity (Wildman–Crippen MR) is 60.3 cm³/mol. The zero-order valence-corrected chi connectivity index (χ0v) is 11.2. The van der Waals surface area contributed by atoms with Gasteiger partial charge in [0.1, 0.15) is 0 Å². The van der Waals surface area contributed by atoms with Crippen LogP contribution in [0.1, 0.15) is 19.3 Å². The maximum atomic E-state index is 5.57. The fourth-order valence-corrected chi connectivity index (χ4v) is 1.34.